The van der Waals surface area contributed by atoms with Crippen LogP contribution in [0.5, 0.6) is 0 Å². The highest BCUT2D eigenvalue weighted by atomic mass is 16.7. The molecule has 0 fully saturated rings. The molecule has 5 heteroatoms. The van der Waals surface area contributed by atoms with E-state index in [1.54, 1.807) is 24.3 Å². The van der Waals surface area contributed by atoms with Crippen molar-refractivity contribution < 1.29 is 10.4 Å². The first kappa shape index (κ1) is 6.41. The first-order chi connectivity index (χ1) is 5.29. The van der Waals surface area contributed by atoms with Crippen molar-refractivity contribution in [2.24, 2.45) is 0 Å². The van der Waals surface area contributed by atoms with Crippen molar-refractivity contribution in [2.45, 2.75) is 0 Å². The van der Waals surface area contributed by atoms with Crippen molar-refractivity contribution in [3.05, 3.63) is 24.3 Å². The zero-order chi connectivity index (χ0) is 7.84. The molecule has 11 heavy (non-hydrogen) atoms. The number of nitrogens with one attached hydrogen (secondary N) is 1. The van der Waals surface area contributed by atoms with E-state index in [0.717, 1.165) is 0 Å². The highest BCUT2D eigenvalue weighted by Crippen LogP contribution is 2.30. The fourth-order valence-corrected chi connectivity index (χ4v) is 1.000. The molecule has 0 spiro atoms. The SMILES string of the molecule is ON1Nc2ccccc2N1O. The van der Waals surface area contributed by atoms with Gasteiger partial charge >= 0.3 is 0 Å². The van der Waals surface area contributed by atoms with Crippen molar-refractivity contribution in [1.29, 1.82) is 0 Å². The molecule has 0 bridgehead atoms. The van der Waals surface area contributed by atoms with Gasteiger partial charge in [-0.05, 0) is 12.1 Å². The Morgan fingerprint density at radius 1 is 1.18 bits per heavy atom. The normalized spacial score (nSPS) is 16.4. The number of rotatable bonds is 0. The zero-order valence-electron chi connectivity index (χ0n) is 5.60. The first-order valence-electron chi connectivity index (χ1n) is 3.12. The summed E-state index contributed by atoms with van der Waals surface area (Å²) in [5.74, 6) is 0. The van der Waals surface area contributed by atoms with Crippen molar-refractivity contribution in [3.63, 3.8) is 0 Å². The monoisotopic (exact) mass is 153 g/mol. The van der Waals surface area contributed by atoms with Gasteiger partial charge in [-0.2, -0.15) is 0 Å². The summed E-state index contributed by atoms with van der Waals surface area (Å²) in [5, 5.41) is 19.1. The molecule has 0 atom stereocenters. The fraction of sp³-hybridized carbons (Fsp3) is 0. The summed E-state index contributed by atoms with van der Waals surface area (Å²) in [7, 11) is 0. The number of hydrazine groups is 2. The van der Waals surface area contributed by atoms with E-state index in [0.29, 0.717) is 21.8 Å². The van der Waals surface area contributed by atoms with E-state index >= 15 is 0 Å². The number of nitrogens with zero attached hydrogens (tertiary/aromatic N) is 2. The van der Waals surface area contributed by atoms with Crippen LogP contribution in [-0.2, 0) is 0 Å². The van der Waals surface area contributed by atoms with E-state index < -0.39 is 0 Å². The largest absolute Gasteiger partial charge is 0.275 e. The van der Waals surface area contributed by atoms with Crippen LogP contribution in [0.3, 0.4) is 0 Å². The van der Waals surface area contributed by atoms with E-state index in [4.69, 9.17) is 10.4 Å². The van der Waals surface area contributed by atoms with Crippen LogP contribution in [-0.4, -0.2) is 15.7 Å². The van der Waals surface area contributed by atoms with E-state index in [1.807, 2.05) is 0 Å². The molecule has 2 rings (SSSR count). The van der Waals surface area contributed by atoms with Gasteiger partial charge in [-0.1, -0.05) is 12.1 Å². The Bertz CT molecular complexity index is 278. The molecule has 1 aromatic rings. The Hall–Kier alpha value is -1.30. The lowest BCUT2D eigenvalue weighted by Crippen LogP contribution is -2.35. The van der Waals surface area contributed by atoms with Crippen LogP contribution in [0.1, 0.15) is 0 Å². The molecule has 58 valence electrons. The Kier molecular flexibility index (Phi) is 1.22. The Morgan fingerprint density at radius 2 is 1.91 bits per heavy atom. The smallest absolute Gasteiger partial charge is 0.111 e. The minimum absolute atomic E-state index is 0.505. The maximum Gasteiger partial charge on any atom is 0.111 e. The summed E-state index contributed by atoms with van der Waals surface area (Å²) in [5.41, 5.74) is 3.70. The van der Waals surface area contributed by atoms with E-state index in [2.05, 4.69) is 5.43 Å². The Labute approximate surface area is 62.9 Å². The number of hydrogen-bond donors (Lipinski definition) is 3. The second-order valence-corrected chi connectivity index (χ2v) is 2.21. The molecule has 0 amide bonds. The molecular formula is C6H7N3O2. The molecule has 0 aromatic heterocycles. The van der Waals surface area contributed by atoms with Crippen LogP contribution in [0.15, 0.2) is 24.3 Å². The number of fused-ring (bicyclic) bond motifs is 1. The van der Waals surface area contributed by atoms with Gasteiger partial charge in [-0.25, -0.2) is 0 Å². The summed E-state index contributed by atoms with van der Waals surface area (Å²) in [4.78, 5) is 0. The van der Waals surface area contributed by atoms with Gasteiger partial charge in [0, 0.05) is 5.28 Å². The topological polar surface area (TPSA) is 59.0 Å². The van der Waals surface area contributed by atoms with Crippen molar-refractivity contribution in [1.82, 2.24) is 5.28 Å². The Balaban J connectivity index is 2.47. The van der Waals surface area contributed by atoms with Crippen molar-refractivity contribution in [3.8, 4) is 0 Å². The molecule has 1 heterocycles. The van der Waals surface area contributed by atoms with Crippen LogP contribution < -0.4 is 10.6 Å². The van der Waals surface area contributed by atoms with E-state index in [-0.39, 0.29) is 0 Å². The van der Waals surface area contributed by atoms with Gasteiger partial charge in [-0.15, -0.1) is 5.17 Å². The number of benzene rings is 1. The van der Waals surface area contributed by atoms with Crippen molar-refractivity contribution in [2.75, 3.05) is 10.6 Å². The van der Waals surface area contributed by atoms with Crippen molar-refractivity contribution >= 4 is 11.4 Å². The van der Waals surface area contributed by atoms with Gasteiger partial charge in [0.25, 0.3) is 0 Å². The fourth-order valence-electron chi connectivity index (χ4n) is 1.000. The maximum absolute atomic E-state index is 9.10. The molecule has 3 N–H and O–H groups in total. The molecule has 0 saturated carbocycles. The number of para-hydroxylation sites is 2. The molecule has 0 saturated heterocycles. The minimum atomic E-state index is 0.505. The predicted molar refractivity (Wildman–Crippen MR) is 38.0 cm³/mol. The van der Waals surface area contributed by atoms with Gasteiger partial charge in [0.15, 0.2) is 0 Å². The molecule has 5 nitrogen and oxygen atoms in total. The number of anilines is 2. The number of hydrogen-bond acceptors (Lipinski definition) is 5. The summed E-state index contributed by atoms with van der Waals surface area (Å²) >= 11 is 0. The van der Waals surface area contributed by atoms with Crippen LogP contribution in [0.25, 0.3) is 0 Å². The average Bonchev–Trinajstić information content (AvgIpc) is 2.30. The third-order valence-electron chi connectivity index (χ3n) is 1.52. The zero-order valence-corrected chi connectivity index (χ0v) is 5.60. The molecular weight excluding hydrogens is 146 g/mol. The lowest BCUT2D eigenvalue weighted by molar-refractivity contribution is -0.135. The molecule has 0 unspecified atom stereocenters. The van der Waals surface area contributed by atoms with Crippen LogP contribution in [0, 0.1) is 0 Å². The maximum atomic E-state index is 9.10. The lowest BCUT2D eigenvalue weighted by Gasteiger charge is -2.14. The summed E-state index contributed by atoms with van der Waals surface area (Å²) in [6, 6.07) is 7.00. The van der Waals surface area contributed by atoms with Gasteiger partial charge in [0.2, 0.25) is 0 Å². The van der Waals surface area contributed by atoms with Gasteiger partial charge in [0.1, 0.15) is 5.69 Å². The molecule has 1 aliphatic rings. The van der Waals surface area contributed by atoms with Gasteiger partial charge < -0.3 is 0 Å². The minimum Gasteiger partial charge on any atom is -0.275 e. The van der Waals surface area contributed by atoms with Gasteiger partial charge in [-0.3, -0.25) is 15.8 Å². The predicted octanol–water partition coefficient (Wildman–Crippen LogP) is 0.829. The van der Waals surface area contributed by atoms with E-state index in [1.165, 1.54) is 0 Å². The van der Waals surface area contributed by atoms with Crippen LogP contribution in [0.4, 0.5) is 11.4 Å². The molecule has 1 aromatic carbocycles. The van der Waals surface area contributed by atoms with E-state index in [9.17, 15) is 0 Å². The molecule has 1 aliphatic heterocycles. The average molecular weight is 153 g/mol. The first-order valence-corrected chi connectivity index (χ1v) is 3.12. The van der Waals surface area contributed by atoms with Crippen LogP contribution >= 0.6 is 0 Å². The third-order valence-corrected chi connectivity index (χ3v) is 1.52. The Morgan fingerprint density at radius 3 is 2.64 bits per heavy atom. The quantitative estimate of drug-likeness (QED) is 0.515. The lowest BCUT2D eigenvalue weighted by atomic mass is 10.3. The standard InChI is InChI=1S/C6H7N3O2/c10-8-6-4-2-1-3-5(6)7-9(8)11/h1-4,7,10-11H. The highest BCUT2D eigenvalue weighted by molar-refractivity contribution is 5.70. The second kappa shape index (κ2) is 2.09. The molecule has 0 radical (unpaired) electrons. The third kappa shape index (κ3) is 0.829. The van der Waals surface area contributed by atoms with Gasteiger partial charge in [0.05, 0.1) is 5.69 Å². The second-order valence-electron chi connectivity index (χ2n) is 2.21. The summed E-state index contributed by atoms with van der Waals surface area (Å²) in [6.45, 7) is 0. The van der Waals surface area contributed by atoms with Crippen LogP contribution in [0.2, 0.25) is 0 Å². The molecule has 0 aliphatic carbocycles. The summed E-state index contributed by atoms with van der Waals surface area (Å²) < 4.78 is 0. The highest BCUT2D eigenvalue weighted by Gasteiger charge is 2.22. The summed E-state index contributed by atoms with van der Waals surface area (Å²) in [6.07, 6.45) is 0.